The summed E-state index contributed by atoms with van der Waals surface area (Å²) in [5.74, 6) is -0.163. The molecule has 1 aromatic rings. The molecule has 1 aliphatic rings. The normalized spacial score (nSPS) is 16.9. The number of nitrogens with one attached hydrogen (secondary N) is 2. The number of halogens is 1. The number of rotatable bonds is 4. The Labute approximate surface area is 150 Å². The molecular weight excluding hydrogens is 326 g/mol. The van der Waals surface area contributed by atoms with Gasteiger partial charge in [-0.15, -0.1) is 12.4 Å². The van der Waals surface area contributed by atoms with E-state index in [0.29, 0.717) is 0 Å². The van der Waals surface area contributed by atoms with Gasteiger partial charge in [-0.1, -0.05) is 24.1 Å². The summed E-state index contributed by atoms with van der Waals surface area (Å²) in [7, 11) is 1.69. The molecule has 6 heteroatoms. The highest BCUT2D eigenvalue weighted by molar-refractivity contribution is 5.96. The highest BCUT2D eigenvalue weighted by Gasteiger charge is 2.24. The molecule has 134 valence electrons. The molecule has 1 heterocycles. The molecule has 24 heavy (non-hydrogen) atoms. The molecule has 1 aromatic carbocycles. The molecule has 1 aliphatic heterocycles. The molecule has 0 radical (unpaired) electrons. The Kier molecular flexibility index (Phi) is 7.70. The first kappa shape index (κ1) is 20.5. The van der Waals surface area contributed by atoms with Gasteiger partial charge in [-0.25, -0.2) is 0 Å². The van der Waals surface area contributed by atoms with Gasteiger partial charge >= 0.3 is 0 Å². The third-order valence-corrected chi connectivity index (χ3v) is 4.31. The van der Waals surface area contributed by atoms with E-state index in [2.05, 4.69) is 10.6 Å². The van der Waals surface area contributed by atoms with Crippen LogP contribution in [-0.4, -0.2) is 42.9 Å². The minimum absolute atomic E-state index is 0. The fourth-order valence-electron chi connectivity index (χ4n) is 3.18. The van der Waals surface area contributed by atoms with E-state index in [-0.39, 0.29) is 36.8 Å². The van der Waals surface area contributed by atoms with Crippen LogP contribution in [0.1, 0.15) is 36.0 Å². The van der Waals surface area contributed by atoms with Crippen molar-refractivity contribution >= 4 is 29.9 Å². The lowest BCUT2D eigenvalue weighted by atomic mass is 10.0. The van der Waals surface area contributed by atoms with Crippen molar-refractivity contribution in [3.8, 4) is 0 Å². The monoisotopic (exact) mass is 353 g/mol. The number of hydrogen-bond acceptors (Lipinski definition) is 3. The Hall–Kier alpha value is -1.59. The Morgan fingerprint density at radius 1 is 1.21 bits per heavy atom. The van der Waals surface area contributed by atoms with Crippen LogP contribution in [0.2, 0.25) is 0 Å². The Bertz CT molecular complexity index is 575. The largest absolute Gasteiger partial charge is 0.335 e. The summed E-state index contributed by atoms with van der Waals surface area (Å²) >= 11 is 0. The van der Waals surface area contributed by atoms with Crippen molar-refractivity contribution in [3.05, 3.63) is 28.8 Å². The lowest BCUT2D eigenvalue weighted by Crippen LogP contribution is -2.49. The fraction of sp³-hybridized carbons (Fsp3) is 0.556. The first-order valence-corrected chi connectivity index (χ1v) is 8.24. The first-order valence-electron chi connectivity index (χ1n) is 8.24. The van der Waals surface area contributed by atoms with Crippen LogP contribution < -0.4 is 10.6 Å². The number of anilines is 1. The van der Waals surface area contributed by atoms with E-state index < -0.39 is 0 Å². The molecule has 5 nitrogen and oxygen atoms in total. The van der Waals surface area contributed by atoms with Crippen molar-refractivity contribution in [1.29, 1.82) is 0 Å². The maximum atomic E-state index is 12.3. The van der Waals surface area contributed by atoms with Gasteiger partial charge in [-0.3, -0.25) is 9.59 Å². The summed E-state index contributed by atoms with van der Waals surface area (Å²) in [5, 5.41) is 6.17. The van der Waals surface area contributed by atoms with E-state index in [1.807, 2.05) is 32.9 Å². The van der Waals surface area contributed by atoms with Crippen molar-refractivity contribution in [2.24, 2.45) is 0 Å². The number of amides is 2. The van der Waals surface area contributed by atoms with E-state index in [9.17, 15) is 9.59 Å². The quantitative estimate of drug-likeness (QED) is 0.874. The van der Waals surface area contributed by atoms with Gasteiger partial charge in [0.2, 0.25) is 11.8 Å². The van der Waals surface area contributed by atoms with Crippen LogP contribution in [0.3, 0.4) is 0 Å². The summed E-state index contributed by atoms with van der Waals surface area (Å²) in [5.41, 5.74) is 4.10. The van der Waals surface area contributed by atoms with Gasteiger partial charge in [-0.05, 0) is 51.3 Å². The molecule has 0 aromatic heterocycles. The molecule has 1 atom stereocenters. The highest BCUT2D eigenvalue weighted by atomic mass is 35.5. The smallest absolute Gasteiger partial charge is 0.243 e. The van der Waals surface area contributed by atoms with E-state index >= 15 is 0 Å². The van der Waals surface area contributed by atoms with Crippen LogP contribution in [0.5, 0.6) is 0 Å². The van der Waals surface area contributed by atoms with E-state index in [1.54, 1.807) is 7.05 Å². The molecule has 2 N–H and O–H groups in total. The Morgan fingerprint density at radius 2 is 1.83 bits per heavy atom. The molecule has 2 rings (SSSR count). The zero-order valence-corrected chi connectivity index (χ0v) is 15.8. The van der Waals surface area contributed by atoms with Crippen molar-refractivity contribution < 1.29 is 9.59 Å². The number of nitrogens with zero attached hydrogens (tertiary/aromatic N) is 1. The number of benzene rings is 1. The van der Waals surface area contributed by atoms with Crippen LogP contribution in [-0.2, 0) is 9.59 Å². The standard InChI is InChI=1S/C18H27N3O2.ClH/c1-12-9-13(2)17(14(3)10-12)20-16(22)11-21(4)18(23)15-7-5-6-8-19-15;/h9-10,15,19H,5-8,11H2,1-4H3,(H,20,22);1H. The molecule has 0 spiro atoms. The minimum atomic E-state index is -0.160. The summed E-state index contributed by atoms with van der Waals surface area (Å²) in [4.78, 5) is 26.1. The Balaban J connectivity index is 0.00000288. The molecule has 0 saturated carbocycles. The summed E-state index contributed by atoms with van der Waals surface area (Å²) in [6, 6.07) is 3.94. The SMILES string of the molecule is Cc1cc(C)c(NC(=O)CN(C)C(=O)C2CCCCN2)c(C)c1.Cl. The molecule has 0 aliphatic carbocycles. The molecular formula is C18H28ClN3O2. The van der Waals surface area contributed by atoms with Gasteiger partial charge in [0.1, 0.15) is 0 Å². The number of carbonyl (C=O) groups excluding carboxylic acids is 2. The average Bonchev–Trinajstić information content (AvgIpc) is 2.51. The lowest BCUT2D eigenvalue weighted by molar-refractivity contribution is -0.135. The van der Waals surface area contributed by atoms with E-state index in [0.717, 1.165) is 42.6 Å². The lowest BCUT2D eigenvalue weighted by Gasteiger charge is -2.27. The molecule has 1 fully saturated rings. The maximum Gasteiger partial charge on any atom is 0.243 e. The van der Waals surface area contributed by atoms with Gasteiger partial charge in [0, 0.05) is 12.7 Å². The van der Waals surface area contributed by atoms with Crippen molar-refractivity contribution in [2.75, 3.05) is 25.5 Å². The second-order valence-electron chi connectivity index (χ2n) is 6.52. The summed E-state index contributed by atoms with van der Waals surface area (Å²) < 4.78 is 0. The number of likely N-dealkylation sites (N-methyl/N-ethyl adjacent to an activating group) is 1. The highest BCUT2D eigenvalue weighted by Crippen LogP contribution is 2.21. The van der Waals surface area contributed by atoms with Crippen LogP contribution in [0.25, 0.3) is 0 Å². The number of aryl methyl sites for hydroxylation is 3. The zero-order valence-electron chi connectivity index (χ0n) is 14.9. The third kappa shape index (κ3) is 5.21. The van der Waals surface area contributed by atoms with E-state index in [1.165, 1.54) is 10.5 Å². The summed E-state index contributed by atoms with van der Waals surface area (Å²) in [6.45, 7) is 6.95. The summed E-state index contributed by atoms with van der Waals surface area (Å²) in [6.07, 6.45) is 3.02. The fourth-order valence-corrected chi connectivity index (χ4v) is 3.18. The van der Waals surface area contributed by atoms with Crippen LogP contribution >= 0.6 is 12.4 Å². The van der Waals surface area contributed by atoms with Crippen molar-refractivity contribution in [3.63, 3.8) is 0 Å². The minimum Gasteiger partial charge on any atom is -0.335 e. The van der Waals surface area contributed by atoms with Crippen LogP contribution in [0.4, 0.5) is 5.69 Å². The first-order chi connectivity index (χ1) is 10.9. The van der Waals surface area contributed by atoms with Gasteiger partial charge in [0.15, 0.2) is 0 Å². The molecule has 2 amide bonds. The van der Waals surface area contributed by atoms with Gasteiger partial charge in [0.25, 0.3) is 0 Å². The van der Waals surface area contributed by atoms with Crippen LogP contribution in [0.15, 0.2) is 12.1 Å². The maximum absolute atomic E-state index is 12.3. The zero-order chi connectivity index (χ0) is 17.0. The van der Waals surface area contributed by atoms with Gasteiger partial charge in [0.05, 0.1) is 12.6 Å². The van der Waals surface area contributed by atoms with Crippen molar-refractivity contribution in [1.82, 2.24) is 10.2 Å². The average molecular weight is 354 g/mol. The van der Waals surface area contributed by atoms with E-state index in [4.69, 9.17) is 0 Å². The van der Waals surface area contributed by atoms with Crippen molar-refractivity contribution in [2.45, 2.75) is 46.1 Å². The number of hydrogen-bond donors (Lipinski definition) is 2. The molecule has 1 unspecified atom stereocenters. The second kappa shape index (κ2) is 9.04. The topological polar surface area (TPSA) is 61.4 Å². The third-order valence-electron chi connectivity index (χ3n) is 4.31. The number of carbonyl (C=O) groups is 2. The predicted molar refractivity (Wildman–Crippen MR) is 99.8 cm³/mol. The molecule has 1 saturated heterocycles. The molecule has 0 bridgehead atoms. The van der Waals surface area contributed by atoms with Crippen LogP contribution in [0, 0.1) is 20.8 Å². The van der Waals surface area contributed by atoms with Gasteiger partial charge in [-0.2, -0.15) is 0 Å². The van der Waals surface area contributed by atoms with Gasteiger partial charge < -0.3 is 15.5 Å². The predicted octanol–water partition coefficient (Wildman–Crippen LogP) is 2.57. The number of piperidine rings is 1. The Morgan fingerprint density at radius 3 is 2.38 bits per heavy atom. The second-order valence-corrected chi connectivity index (χ2v) is 6.52.